The Hall–Kier alpha value is -2.54. The molecule has 0 aliphatic carbocycles. The summed E-state index contributed by atoms with van der Waals surface area (Å²) in [4.78, 5) is 34.1. The highest BCUT2D eigenvalue weighted by Crippen LogP contribution is 2.21. The van der Waals surface area contributed by atoms with Gasteiger partial charge in [0.1, 0.15) is 5.52 Å². The first kappa shape index (κ1) is 16.3. The van der Waals surface area contributed by atoms with Crippen LogP contribution in [0.4, 0.5) is 0 Å². The molecule has 7 heteroatoms. The van der Waals surface area contributed by atoms with E-state index in [9.17, 15) is 9.59 Å². The molecular weight excluding hydrogens is 310 g/mol. The van der Waals surface area contributed by atoms with E-state index >= 15 is 0 Å². The van der Waals surface area contributed by atoms with Crippen LogP contribution in [0.1, 0.15) is 29.8 Å². The summed E-state index contributed by atoms with van der Waals surface area (Å²) in [5, 5.41) is 9.83. The lowest BCUT2D eigenvalue weighted by Gasteiger charge is -2.34. The summed E-state index contributed by atoms with van der Waals surface area (Å²) in [5.74, 6) is -1.20. The predicted molar refractivity (Wildman–Crippen MR) is 86.7 cm³/mol. The quantitative estimate of drug-likeness (QED) is 0.898. The summed E-state index contributed by atoms with van der Waals surface area (Å²) < 4.78 is 5.35. The molecule has 1 aliphatic rings. The van der Waals surface area contributed by atoms with E-state index in [4.69, 9.17) is 9.84 Å². The van der Waals surface area contributed by atoms with Gasteiger partial charge < -0.3 is 14.7 Å². The number of fused-ring (bicyclic) bond motifs is 1. The molecular formula is C17H19N3O4. The van der Waals surface area contributed by atoms with Gasteiger partial charge in [-0.05, 0) is 25.0 Å². The van der Waals surface area contributed by atoms with Crippen molar-refractivity contribution in [2.75, 3.05) is 19.8 Å². The van der Waals surface area contributed by atoms with Gasteiger partial charge >= 0.3 is 5.97 Å². The van der Waals surface area contributed by atoms with Crippen LogP contribution in [-0.4, -0.2) is 57.7 Å². The van der Waals surface area contributed by atoms with Crippen molar-refractivity contribution in [3.05, 3.63) is 36.3 Å². The van der Waals surface area contributed by atoms with Crippen LogP contribution in [0.25, 0.3) is 10.9 Å². The Morgan fingerprint density at radius 3 is 2.75 bits per heavy atom. The third kappa shape index (κ3) is 3.51. The lowest BCUT2D eigenvalue weighted by atomic mass is 10.1. The minimum atomic E-state index is -0.927. The largest absolute Gasteiger partial charge is 0.481 e. The van der Waals surface area contributed by atoms with E-state index in [1.54, 1.807) is 29.4 Å². The first-order valence-corrected chi connectivity index (χ1v) is 7.97. The van der Waals surface area contributed by atoms with Crippen LogP contribution in [0.15, 0.2) is 30.6 Å². The number of nitrogens with zero attached hydrogens (tertiary/aromatic N) is 3. The van der Waals surface area contributed by atoms with E-state index in [2.05, 4.69) is 9.97 Å². The molecule has 0 aromatic carbocycles. The van der Waals surface area contributed by atoms with Crippen LogP contribution >= 0.6 is 0 Å². The van der Waals surface area contributed by atoms with Crippen LogP contribution in [0.3, 0.4) is 0 Å². The molecule has 24 heavy (non-hydrogen) atoms. The van der Waals surface area contributed by atoms with E-state index in [1.807, 2.05) is 6.07 Å². The van der Waals surface area contributed by atoms with E-state index in [-0.39, 0.29) is 30.6 Å². The lowest BCUT2D eigenvalue weighted by molar-refractivity contribution is -0.137. The Morgan fingerprint density at radius 1 is 1.21 bits per heavy atom. The Labute approximate surface area is 139 Å². The second-order valence-corrected chi connectivity index (χ2v) is 5.72. The maximum absolute atomic E-state index is 13.1. The fourth-order valence-electron chi connectivity index (χ4n) is 2.96. The predicted octanol–water partition coefficient (Wildman–Crippen LogP) is 1.73. The molecule has 7 nitrogen and oxygen atoms in total. The first-order valence-electron chi connectivity index (χ1n) is 7.97. The van der Waals surface area contributed by atoms with Gasteiger partial charge in [0.2, 0.25) is 0 Å². The topological polar surface area (TPSA) is 92.6 Å². The fourth-order valence-corrected chi connectivity index (χ4v) is 2.96. The number of hydrogen-bond acceptors (Lipinski definition) is 5. The summed E-state index contributed by atoms with van der Waals surface area (Å²) in [5.41, 5.74) is 0.808. The van der Waals surface area contributed by atoms with Gasteiger partial charge in [-0.1, -0.05) is 6.07 Å². The normalized spacial score (nSPS) is 15.3. The van der Waals surface area contributed by atoms with Gasteiger partial charge in [-0.2, -0.15) is 0 Å². The highest BCUT2D eigenvalue weighted by atomic mass is 16.5. The number of carboxylic acids is 1. The van der Waals surface area contributed by atoms with Crippen LogP contribution < -0.4 is 0 Å². The van der Waals surface area contributed by atoms with Crippen molar-refractivity contribution in [2.24, 2.45) is 0 Å². The summed E-state index contributed by atoms with van der Waals surface area (Å²) in [6.07, 6.45) is 4.50. The van der Waals surface area contributed by atoms with Crippen molar-refractivity contribution in [2.45, 2.75) is 25.3 Å². The molecule has 2 aromatic rings. The Morgan fingerprint density at radius 2 is 2.00 bits per heavy atom. The van der Waals surface area contributed by atoms with Crippen molar-refractivity contribution in [1.82, 2.24) is 14.9 Å². The molecule has 3 heterocycles. The lowest BCUT2D eigenvalue weighted by Crippen LogP contribution is -2.44. The molecule has 0 radical (unpaired) electrons. The summed E-state index contributed by atoms with van der Waals surface area (Å²) >= 11 is 0. The maximum Gasteiger partial charge on any atom is 0.305 e. The number of pyridine rings is 2. The highest BCUT2D eigenvalue weighted by molar-refractivity contribution is 6.03. The molecule has 2 aromatic heterocycles. The number of carbonyl (C=O) groups excluding carboxylic acids is 1. The first-order chi connectivity index (χ1) is 11.7. The number of carbonyl (C=O) groups is 2. The Balaban J connectivity index is 1.92. The molecule has 0 saturated carbocycles. The number of hydrogen-bond donors (Lipinski definition) is 1. The zero-order valence-electron chi connectivity index (χ0n) is 13.2. The van der Waals surface area contributed by atoms with Crippen molar-refractivity contribution in [3.8, 4) is 0 Å². The van der Waals surface area contributed by atoms with Crippen molar-refractivity contribution in [3.63, 3.8) is 0 Å². The van der Waals surface area contributed by atoms with Crippen LogP contribution in [0, 0.1) is 0 Å². The van der Waals surface area contributed by atoms with Gasteiger partial charge in [0.05, 0.1) is 6.42 Å². The molecule has 1 saturated heterocycles. The maximum atomic E-state index is 13.1. The van der Waals surface area contributed by atoms with Crippen molar-refractivity contribution < 1.29 is 19.4 Å². The minimum Gasteiger partial charge on any atom is -0.481 e. The number of aliphatic carboxylic acids is 1. The number of carboxylic acid groups (broad SMARTS) is 1. The van der Waals surface area contributed by atoms with E-state index in [0.717, 1.165) is 5.39 Å². The molecule has 0 bridgehead atoms. The molecule has 1 amide bonds. The number of rotatable bonds is 5. The average Bonchev–Trinajstić information content (AvgIpc) is 2.62. The second-order valence-electron chi connectivity index (χ2n) is 5.72. The standard InChI is InChI=1S/C17H19N3O4/c21-14(22)4-9-20(13-5-10-24-11-6-13)17(23)16-15-12(3-8-19-16)2-1-7-18-15/h1-3,7-8,13H,4-6,9-11H2,(H,21,22). The third-order valence-corrected chi connectivity index (χ3v) is 4.18. The monoisotopic (exact) mass is 329 g/mol. The molecule has 1 aliphatic heterocycles. The zero-order valence-corrected chi connectivity index (χ0v) is 13.2. The molecule has 0 spiro atoms. The second kappa shape index (κ2) is 7.35. The smallest absolute Gasteiger partial charge is 0.305 e. The SMILES string of the molecule is O=C(O)CCN(C(=O)c1nccc2cccnc12)C1CCOCC1. The minimum absolute atomic E-state index is 0.0358. The average molecular weight is 329 g/mol. The summed E-state index contributed by atoms with van der Waals surface area (Å²) in [7, 11) is 0. The van der Waals surface area contributed by atoms with Gasteiger partial charge in [0.15, 0.2) is 5.69 Å². The highest BCUT2D eigenvalue weighted by Gasteiger charge is 2.29. The van der Waals surface area contributed by atoms with E-state index in [1.165, 1.54) is 0 Å². The van der Waals surface area contributed by atoms with E-state index in [0.29, 0.717) is 31.6 Å². The summed E-state index contributed by atoms with van der Waals surface area (Å²) in [6.45, 7) is 1.30. The van der Waals surface area contributed by atoms with Crippen LogP contribution in [0.2, 0.25) is 0 Å². The molecule has 3 rings (SSSR count). The number of amides is 1. The van der Waals surface area contributed by atoms with Gasteiger partial charge in [-0.15, -0.1) is 0 Å². The zero-order chi connectivity index (χ0) is 16.9. The van der Waals surface area contributed by atoms with Crippen LogP contribution in [-0.2, 0) is 9.53 Å². The fraction of sp³-hybridized carbons (Fsp3) is 0.412. The molecule has 126 valence electrons. The van der Waals surface area contributed by atoms with Gasteiger partial charge in [-0.25, -0.2) is 4.98 Å². The van der Waals surface area contributed by atoms with E-state index < -0.39 is 5.97 Å². The summed E-state index contributed by atoms with van der Waals surface area (Å²) in [6, 6.07) is 5.44. The Bertz CT molecular complexity index is 738. The number of aromatic nitrogens is 2. The van der Waals surface area contributed by atoms with Crippen LogP contribution in [0.5, 0.6) is 0 Å². The van der Waals surface area contributed by atoms with Crippen molar-refractivity contribution in [1.29, 1.82) is 0 Å². The van der Waals surface area contributed by atoms with Gasteiger partial charge in [0.25, 0.3) is 5.91 Å². The molecule has 0 unspecified atom stereocenters. The Kier molecular flexibility index (Phi) is 5.00. The number of ether oxygens (including phenoxy) is 1. The van der Waals surface area contributed by atoms with Gasteiger partial charge in [0, 0.05) is 43.6 Å². The molecule has 0 atom stereocenters. The third-order valence-electron chi connectivity index (χ3n) is 4.18. The molecule has 1 N–H and O–H groups in total. The molecule has 1 fully saturated rings. The van der Waals surface area contributed by atoms with Crippen molar-refractivity contribution >= 4 is 22.8 Å². The van der Waals surface area contributed by atoms with Gasteiger partial charge in [-0.3, -0.25) is 14.6 Å².